The van der Waals surface area contributed by atoms with Gasteiger partial charge in [-0.1, -0.05) is 132 Å². The van der Waals surface area contributed by atoms with Crippen LogP contribution in [0.3, 0.4) is 0 Å². The van der Waals surface area contributed by atoms with Gasteiger partial charge in [0.05, 0.1) is 30.5 Å². The van der Waals surface area contributed by atoms with E-state index in [2.05, 4.69) is 117 Å². The molecule has 8 aromatic rings. The second-order valence-electron chi connectivity index (χ2n) is 16.7. The first-order valence-corrected chi connectivity index (χ1v) is 21.8. The maximum absolute atomic E-state index is 8.75. The van der Waals surface area contributed by atoms with Gasteiger partial charge in [0.25, 0.3) is 0 Å². The van der Waals surface area contributed by atoms with Crippen LogP contribution >= 0.6 is 0 Å². The molecule has 0 bridgehead atoms. The normalized spacial score (nSPS) is 12.9. The van der Waals surface area contributed by atoms with Crippen LogP contribution in [0.15, 0.2) is 126 Å². The summed E-state index contributed by atoms with van der Waals surface area (Å²) < 4.78 is 26.1. The van der Waals surface area contributed by atoms with E-state index in [1.807, 2.05) is 87.6 Å². The first kappa shape index (κ1) is 36.4. The van der Waals surface area contributed by atoms with E-state index in [9.17, 15) is 0 Å². The van der Waals surface area contributed by atoms with Gasteiger partial charge in [-0.15, -0.1) is 54.1 Å². The molecule has 0 N–H and O–H groups in total. The SMILES string of the molecule is CC(C)(C)c1ccccc1-n1c(-c2[c-]ccc3c2oc2ccccc23)nc2ccccc21.[2H]C([2H])(c1cc(-c2[c-]cccc2)ncc1[Si](C)(C)C)C(C)(C)C.[Ir]. The molecule has 5 aromatic carbocycles. The van der Waals surface area contributed by atoms with Gasteiger partial charge >= 0.3 is 0 Å². The molecule has 54 heavy (non-hydrogen) atoms. The number of aromatic nitrogens is 3. The number of fused-ring (bicyclic) bond motifs is 4. The molecule has 0 aliphatic heterocycles. The molecule has 0 aliphatic rings. The molecule has 6 heteroatoms. The first-order chi connectivity index (χ1) is 26.0. The van der Waals surface area contributed by atoms with Gasteiger partial charge in [0, 0.05) is 40.1 Å². The Bertz CT molecular complexity index is 2640. The van der Waals surface area contributed by atoms with Crippen molar-refractivity contribution in [3.63, 3.8) is 0 Å². The largest absolute Gasteiger partial charge is 0.501 e. The molecular formula is C48H49IrN3OSi-2. The summed E-state index contributed by atoms with van der Waals surface area (Å²) in [5.74, 6) is 0.840. The van der Waals surface area contributed by atoms with Gasteiger partial charge in [0.15, 0.2) is 0 Å². The average Bonchev–Trinajstić information content (AvgIpc) is 3.73. The van der Waals surface area contributed by atoms with Gasteiger partial charge < -0.3 is 14.0 Å². The molecule has 0 unspecified atom stereocenters. The second kappa shape index (κ2) is 15.3. The van der Waals surface area contributed by atoms with Crippen molar-refractivity contribution in [3.8, 4) is 28.3 Å². The Kier molecular flexibility index (Phi) is 10.3. The molecule has 0 saturated heterocycles. The molecular weight excluding hydrogens is 855 g/mol. The first-order valence-electron chi connectivity index (χ1n) is 19.3. The van der Waals surface area contributed by atoms with Gasteiger partial charge in [0.1, 0.15) is 5.58 Å². The Balaban J connectivity index is 0.000000198. The Morgan fingerprint density at radius 2 is 1.48 bits per heavy atom. The van der Waals surface area contributed by atoms with Crippen LogP contribution in [0, 0.1) is 17.5 Å². The summed E-state index contributed by atoms with van der Waals surface area (Å²) in [6, 6.07) is 45.3. The Labute approximate surface area is 337 Å². The van der Waals surface area contributed by atoms with Crippen LogP contribution < -0.4 is 5.19 Å². The van der Waals surface area contributed by atoms with Crippen LogP contribution in [-0.4, -0.2) is 22.6 Å². The van der Waals surface area contributed by atoms with Crippen molar-refractivity contribution >= 4 is 46.2 Å². The Hall–Kier alpha value is -4.61. The summed E-state index contributed by atoms with van der Waals surface area (Å²) in [6.07, 6.45) is 0.469. The Morgan fingerprint density at radius 3 is 2.20 bits per heavy atom. The van der Waals surface area contributed by atoms with Crippen molar-refractivity contribution < 1.29 is 27.3 Å². The summed E-state index contributed by atoms with van der Waals surface area (Å²) in [5.41, 5.74) is 8.95. The summed E-state index contributed by atoms with van der Waals surface area (Å²) in [4.78, 5) is 9.68. The predicted octanol–water partition coefficient (Wildman–Crippen LogP) is 12.4. The molecule has 0 spiro atoms. The molecule has 3 aromatic heterocycles. The molecule has 0 fully saturated rings. The third-order valence-electron chi connectivity index (χ3n) is 9.28. The maximum Gasteiger partial charge on any atom is 0.120 e. The molecule has 0 amide bonds. The molecule has 3 heterocycles. The third-order valence-corrected chi connectivity index (χ3v) is 11.3. The van der Waals surface area contributed by atoms with Crippen molar-refractivity contribution in [3.05, 3.63) is 145 Å². The van der Waals surface area contributed by atoms with Gasteiger partial charge in [-0.2, -0.15) is 0 Å². The zero-order chi connectivity index (χ0) is 39.3. The van der Waals surface area contributed by atoms with Crippen LogP contribution in [0.1, 0.15) is 55.4 Å². The van der Waals surface area contributed by atoms with Crippen molar-refractivity contribution in [1.82, 2.24) is 14.5 Å². The minimum absolute atomic E-state index is 0. The summed E-state index contributed by atoms with van der Waals surface area (Å²) >= 11 is 0. The van der Waals surface area contributed by atoms with Crippen LogP contribution in [0.4, 0.5) is 0 Å². The number of hydrogen-bond acceptors (Lipinski definition) is 3. The predicted molar refractivity (Wildman–Crippen MR) is 226 cm³/mol. The van der Waals surface area contributed by atoms with Crippen LogP contribution in [-0.2, 0) is 31.9 Å². The van der Waals surface area contributed by atoms with Crippen molar-refractivity contribution in [2.24, 2.45) is 5.41 Å². The van der Waals surface area contributed by atoms with Crippen molar-refractivity contribution in [2.45, 2.75) is 73.0 Å². The molecule has 8 rings (SSSR count). The number of nitrogens with zero attached hydrogens (tertiary/aromatic N) is 3. The van der Waals surface area contributed by atoms with E-state index in [-0.39, 0.29) is 25.5 Å². The minimum Gasteiger partial charge on any atom is -0.501 e. The molecule has 4 nitrogen and oxygen atoms in total. The second-order valence-corrected chi connectivity index (χ2v) is 21.8. The smallest absolute Gasteiger partial charge is 0.120 e. The molecule has 0 aliphatic carbocycles. The number of hydrogen-bond donors (Lipinski definition) is 0. The van der Waals surface area contributed by atoms with Gasteiger partial charge in [-0.25, -0.2) is 0 Å². The fourth-order valence-corrected chi connectivity index (χ4v) is 8.25. The minimum atomic E-state index is -1.70. The van der Waals surface area contributed by atoms with E-state index in [0.29, 0.717) is 0 Å². The summed E-state index contributed by atoms with van der Waals surface area (Å²) in [5, 5.41) is 3.28. The fourth-order valence-electron chi connectivity index (χ4n) is 6.86. The van der Waals surface area contributed by atoms with E-state index in [1.165, 1.54) is 5.56 Å². The van der Waals surface area contributed by atoms with Crippen LogP contribution in [0.25, 0.3) is 61.3 Å². The topological polar surface area (TPSA) is 43.9 Å². The van der Waals surface area contributed by atoms with Crippen molar-refractivity contribution in [1.29, 1.82) is 0 Å². The molecule has 0 atom stereocenters. The molecule has 1 radical (unpaired) electrons. The zero-order valence-corrected chi connectivity index (χ0v) is 36.0. The molecule has 0 saturated carbocycles. The number of rotatable bonds is 5. The standard InChI is InChI=1S/C29H23N2O.C19H26NSi.Ir/c1-29(2,3)22-14-5-7-16-24(22)31-25-17-8-6-15-23(25)30-28(31)21-13-10-12-20-19-11-4-9-18-26(19)32-27(20)21;1-19(2,3)13-16-12-17(15-10-8-7-9-11-15)20-14-18(16)21(4,5)6;/h4-12,14-18H,1-3H3;7-10,12,14H,13H2,1-6H3;/q2*-1;/i;13D2;. The van der Waals surface area contributed by atoms with Gasteiger partial charge in [-0.05, 0) is 57.9 Å². The number of imidazole rings is 1. The van der Waals surface area contributed by atoms with Crippen molar-refractivity contribution in [2.75, 3.05) is 0 Å². The average molecular weight is 906 g/mol. The van der Waals surface area contributed by atoms with E-state index in [1.54, 1.807) is 0 Å². The van der Waals surface area contributed by atoms with Gasteiger partial charge in [0.2, 0.25) is 0 Å². The Morgan fingerprint density at radius 1 is 0.778 bits per heavy atom. The van der Waals surface area contributed by atoms with Gasteiger partial charge in [-0.3, -0.25) is 4.98 Å². The zero-order valence-electron chi connectivity index (χ0n) is 34.6. The number of para-hydroxylation sites is 4. The van der Waals surface area contributed by atoms with E-state index < -0.39 is 19.9 Å². The van der Waals surface area contributed by atoms with E-state index in [4.69, 9.17) is 12.1 Å². The van der Waals surface area contributed by atoms with Crippen LogP contribution in [0.5, 0.6) is 0 Å². The monoisotopic (exact) mass is 906 g/mol. The van der Waals surface area contributed by atoms with E-state index >= 15 is 0 Å². The quantitative estimate of drug-likeness (QED) is 0.128. The number of pyridine rings is 1. The molecule has 277 valence electrons. The number of benzene rings is 5. The maximum atomic E-state index is 8.75. The summed E-state index contributed by atoms with van der Waals surface area (Å²) in [7, 11) is -1.70. The number of furan rings is 1. The van der Waals surface area contributed by atoms with Crippen LogP contribution in [0.2, 0.25) is 19.6 Å². The summed E-state index contributed by atoms with van der Waals surface area (Å²) in [6.45, 7) is 19.3. The van der Waals surface area contributed by atoms with E-state index in [0.717, 1.165) is 72.1 Å². The third kappa shape index (κ3) is 8.07. The fraction of sp³-hybridized carbons (Fsp3) is 0.250.